The number of rotatable bonds is 5. The molecule has 0 atom stereocenters. The molecule has 0 aromatic carbocycles. The van der Waals surface area contributed by atoms with Gasteiger partial charge in [0, 0.05) is 45.5 Å². The SMILES string of the molecule is CN(C)c1cc(C(F)(F)F)nc(SCCN2CCOCC2)n1. The third-order valence-corrected chi connectivity index (χ3v) is 4.01. The molecule has 0 N–H and O–H groups in total. The van der Waals surface area contributed by atoms with Gasteiger partial charge in [-0.3, -0.25) is 4.90 Å². The Kier molecular flexibility index (Phi) is 5.87. The van der Waals surface area contributed by atoms with Crippen molar-refractivity contribution in [3.63, 3.8) is 0 Å². The van der Waals surface area contributed by atoms with Crippen LogP contribution in [0.25, 0.3) is 0 Å². The Labute approximate surface area is 131 Å². The van der Waals surface area contributed by atoms with Crippen molar-refractivity contribution < 1.29 is 17.9 Å². The van der Waals surface area contributed by atoms with Crippen LogP contribution in [-0.4, -0.2) is 67.6 Å². The van der Waals surface area contributed by atoms with Crippen LogP contribution in [-0.2, 0) is 10.9 Å². The summed E-state index contributed by atoms with van der Waals surface area (Å²) >= 11 is 1.24. The Morgan fingerprint density at radius 3 is 2.55 bits per heavy atom. The molecule has 1 aliphatic heterocycles. The average Bonchev–Trinajstić information content (AvgIpc) is 2.47. The minimum atomic E-state index is -4.47. The normalized spacial score (nSPS) is 16.8. The van der Waals surface area contributed by atoms with Crippen molar-refractivity contribution in [3.8, 4) is 0 Å². The van der Waals surface area contributed by atoms with Crippen LogP contribution in [0.3, 0.4) is 0 Å². The van der Waals surface area contributed by atoms with Gasteiger partial charge in [-0.25, -0.2) is 9.97 Å². The van der Waals surface area contributed by atoms with E-state index in [1.54, 1.807) is 19.0 Å². The smallest absolute Gasteiger partial charge is 0.379 e. The molecule has 2 heterocycles. The molecule has 9 heteroatoms. The van der Waals surface area contributed by atoms with E-state index >= 15 is 0 Å². The lowest BCUT2D eigenvalue weighted by Crippen LogP contribution is -2.37. The summed E-state index contributed by atoms with van der Waals surface area (Å²) in [4.78, 5) is 11.6. The minimum Gasteiger partial charge on any atom is -0.379 e. The number of hydrogen-bond acceptors (Lipinski definition) is 6. The van der Waals surface area contributed by atoms with Crippen molar-refractivity contribution in [2.24, 2.45) is 0 Å². The summed E-state index contributed by atoms with van der Waals surface area (Å²) in [6, 6.07) is 0.964. The number of halogens is 3. The zero-order valence-electron chi connectivity index (χ0n) is 12.6. The number of aromatic nitrogens is 2. The van der Waals surface area contributed by atoms with Gasteiger partial charge in [0.15, 0.2) is 10.9 Å². The van der Waals surface area contributed by atoms with Crippen LogP contribution in [0.5, 0.6) is 0 Å². The van der Waals surface area contributed by atoms with Crippen LogP contribution >= 0.6 is 11.8 Å². The fourth-order valence-electron chi connectivity index (χ4n) is 1.94. The van der Waals surface area contributed by atoms with Gasteiger partial charge in [-0.05, 0) is 0 Å². The lowest BCUT2D eigenvalue weighted by atomic mass is 10.4. The van der Waals surface area contributed by atoms with Gasteiger partial charge >= 0.3 is 6.18 Å². The topological polar surface area (TPSA) is 41.5 Å². The van der Waals surface area contributed by atoms with Gasteiger partial charge in [0.1, 0.15) is 5.82 Å². The maximum Gasteiger partial charge on any atom is 0.433 e. The van der Waals surface area contributed by atoms with Crippen molar-refractivity contribution >= 4 is 17.6 Å². The highest BCUT2D eigenvalue weighted by Gasteiger charge is 2.34. The average molecular weight is 336 g/mol. The summed E-state index contributed by atoms with van der Waals surface area (Å²) in [5, 5.41) is 0.159. The zero-order valence-corrected chi connectivity index (χ0v) is 13.4. The molecule has 1 aliphatic rings. The molecule has 5 nitrogen and oxygen atoms in total. The fourth-order valence-corrected chi connectivity index (χ4v) is 2.80. The minimum absolute atomic E-state index is 0.159. The Morgan fingerprint density at radius 1 is 1.27 bits per heavy atom. The van der Waals surface area contributed by atoms with Gasteiger partial charge in [0.2, 0.25) is 0 Å². The molecule has 0 unspecified atom stereocenters. The molecule has 22 heavy (non-hydrogen) atoms. The van der Waals surface area contributed by atoms with E-state index in [4.69, 9.17) is 4.74 Å². The quantitative estimate of drug-likeness (QED) is 0.605. The predicted molar refractivity (Wildman–Crippen MR) is 79.3 cm³/mol. The van der Waals surface area contributed by atoms with Gasteiger partial charge in [0.05, 0.1) is 13.2 Å². The highest BCUT2D eigenvalue weighted by Crippen LogP contribution is 2.31. The summed E-state index contributed by atoms with van der Waals surface area (Å²) in [7, 11) is 3.31. The van der Waals surface area contributed by atoms with Gasteiger partial charge in [-0.1, -0.05) is 11.8 Å². The molecule has 1 saturated heterocycles. The highest BCUT2D eigenvalue weighted by molar-refractivity contribution is 7.99. The molecular weight excluding hydrogens is 317 g/mol. The number of thioether (sulfide) groups is 1. The Bertz CT molecular complexity index is 493. The van der Waals surface area contributed by atoms with Gasteiger partial charge in [-0.15, -0.1) is 0 Å². The number of ether oxygens (including phenoxy) is 1. The van der Waals surface area contributed by atoms with Crippen molar-refractivity contribution in [1.29, 1.82) is 0 Å². The van der Waals surface area contributed by atoms with Crippen molar-refractivity contribution in [2.75, 3.05) is 57.6 Å². The molecule has 1 aromatic heterocycles. The van der Waals surface area contributed by atoms with Crippen LogP contribution in [0, 0.1) is 0 Å². The summed E-state index contributed by atoms with van der Waals surface area (Å²) in [6.07, 6.45) is -4.47. The van der Waals surface area contributed by atoms with E-state index in [1.165, 1.54) is 11.8 Å². The van der Waals surface area contributed by atoms with E-state index in [0.717, 1.165) is 25.7 Å². The summed E-state index contributed by atoms with van der Waals surface area (Å²) in [5.74, 6) is 0.907. The van der Waals surface area contributed by atoms with Crippen molar-refractivity contribution in [2.45, 2.75) is 11.3 Å². The third-order valence-electron chi connectivity index (χ3n) is 3.18. The number of nitrogens with zero attached hydrogens (tertiary/aromatic N) is 4. The van der Waals surface area contributed by atoms with Crippen molar-refractivity contribution in [3.05, 3.63) is 11.8 Å². The number of alkyl halides is 3. The van der Waals surface area contributed by atoms with E-state index < -0.39 is 11.9 Å². The van der Waals surface area contributed by atoms with E-state index in [-0.39, 0.29) is 11.0 Å². The van der Waals surface area contributed by atoms with Crippen LogP contribution in [0.1, 0.15) is 5.69 Å². The van der Waals surface area contributed by atoms with Crippen LogP contribution in [0.2, 0.25) is 0 Å². The summed E-state index contributed by atoms with van der Waals surface area (Å²) in [6.45, 7) is 3.90. The van der Waals surface area contributed by atoms with Crippen LogP contribution in [0.4, 0.5) is 19.0 Å². The molecule has 124 valence electrons. The van der Waals surface area contributed by atoms with E-state index in [9.17, 15) is 13.2 Å². The third kappa shape index (κ3) is 4.99. The van der Waals surface area contributed by atoms with Crippen LogP contribution in [0.15, 0.2) is 11.2 Å². The zero-order chi connectivity index (χ0) is 16.2. The standard InChI is InChI=1S/C13H19F3N4OS/c1-19(2)11-9-10(13(14,15)16)17-12(18-11)22-8-5-20-3-6-21-7-4-20/h9H,3-8H2,1-2H3. The first-order valence-corrected chi connectivity index (χ1v) is 7.91. The first kappa shape index (κ1) is 17.3. The Hall–Kier alpha value is -1.06. The second-order valence-corrected chi connectivity index (χ2v) is 6.15. The number of morpholine rings is 1. The number of anilines is 1. The molecule has 0 saturated carbocycles. The molecule has 1 aromatic rings. The first-order chi connectivity index (χ1) is 10.4. The highest BCUT2D eigenvalue weighted by atomic mass is 32.2. The van der Waals surface area contributed by atoms with E-state index in [0.29, 0.717) is 19.0 Å². The lowest BCUT2D eigenvalue weighted by Gasteiger charge is -2.26. The Balaban J connectivity index is 2.01. The van der Waals surface area contributed by atoms with Crippen molar-refractivity contribution in [1.82, 2.24) is 14.9 Å². The lowest BCUT2D eigenvalue weighted by molar-refractivity contribution is -0.141. The molecule has 0 amide bonds. The fraction of sp³-hybridized carbons (Fsp3) is 0.692. The molecule has 0 aliphatic carbocycles. The molecule has 0 spiro atoms. The van der Waals surface area contributed by atoms with E-state index in [1.807, 2.05) is 0 Å². The first-order valence-electron chi connectivity index (χ1n) is 6.93. The maximum atomic E-state index is 12.9. The summed E-state index contributed by atoms with van der Waals surface area (Å²) in [5.41, 5.74) is -0.903. The largest absolute Gasteiger partial charge is 0.433 e. The molecule has 2 rings (SSSR count). The monoisotopic (exact) mass is 336 g/mol. The molecule has 1 fully saturated rings. The second kappa shape index (κ2) is 7.47. The molecular formula is C13H19F3N4OS. The maximum absolute atomic E-state index is 12.9. The van der Waals surface area contributed by atoms with Gasteiger partial charge in [0.25, 0.3) is 0 Å². The van der Waals surface area contributed by atoms with E-state index in [2.05, 4.69) is 14.9 Å². The summed E-state index contributed by atoms with van der Waals surface area (Å²) < 4.78 is 43.9. The second-order valence-electron chi connectivity index (χ2n) is 5.09. The van der Waals surface area contributed by atoms with Crippen LogP contribution < -0.4 is 4.90 Å². The molecule has 0 radical (unpaired) electrons. The number of hydrogen-bond donors (Lipinski definition) is 0. The molecule has 0 bridgehead atoms. The van der Waals surface area contributed by atoms with Gasteiger partial charge < -0.3 is 9.64 Å². The van der Waals surface area contributed by atoms with Gasteiger partial charge in [-0.2, -0.15) is 13.2 Å². The predicted octanol–water partition coefficient (Wildman–Crippen LogP) is 1.99. The Morgan fingerprint density at radius 2 is 1.95 bits per heavy atom.